The first-order valence-electron chi connectivity index (χ1n) is 7.51. The summed E-state index contributed by atoms with van der Waals surface area (Å²) in [5.41, 5.74) is 1.45. The first-order chi connectivity index (χ1) is 10.00. The normalized spacial score (nSPS) is 18.0. The van der Waals surface area contributed by atoms with E-state index in [2.05, 4.69) is 30.1 Å². The summed E-state index contributed by atoms with van der Waals surface area (Å²) in [5.74, 6) is -0.0268. The highest BCUT2D eigenvalue weighted by Gasteiger charge is 2.26. The molecule has 1 aliphatic heterocycles. The molecule has 1 aromatic rings. The monoisotopic (exact) mass is 285 g/mol. The van der Waals surface area contributed by atoms with Gasteiger partial charge >= 0.3 is 0 Å². The van der Waals surface area contributed by atoms with E-state index in [1.54, 1.807) is 18.2 Å². The number of para-hydroxylation sites is 1. The Labute approximate surface area is 126 Å². The molecule has 1 saturated heterocycles. The van der Waals surface area contributed by atoms with Gasteiger partial charge in [0.05, 0.1) is 11.3 Å². The van der Waals surface area contributed by atoms with Crippen molar-refractivity contribution in [1.29, 1.82) is 5.26 Å². The summed E-state index contributed by atoms with van der Waals surface area (Å²) in [5, 5.41) is 11.8. The predicted molar refractivity (Wildman–Crippen MR) is 83.9 cm³/mol. The summed E-state index contributed by atoms with van der Waals surface area (Å²) in [4.78, 5) is 14.4. The molecular weight excluding hydrogens is 262 g/mol. The molecule has 1 aliphatic rings. The lowest BCUT2D eigenvalue weighted by atomic mass is 9.84. The molecule has 0 atom stereocenters. The third-order valence-corrected chi connectivity index (χ3v) is 3.96. The Morgan fingerprint density at radius 2 is 2.19 bits per heavy atom. The van der Waals surface area contributed by atoms with Crippen LogP contribution in [-0.4, -0.2) is 30.4 Å². The molecule has 4 nitrogen and oxygen atoms in total. The topological polar surface area (TPSA) is 56.1 Å². The average molecular weight is 285 g/mol. The minimum atomic E-state index is -0.0268. The molecule has 2 rings (SSSR count). The average Bonchev–Trinajstić information content (AvgIpc) is 2.45. The standard InChI is InChI=1S/C17H23N3O/c1-17(2)9-5-10-20(13-17)11-8-16(21)19-15-7-4-3-6-14(15)12-18/h3-4,6-7H,5,8-11,13H2,1-2H3,(H,19,21). The zero-order valence-corrected chi connectivity index (χ0v) is 12.9. The second-order valence-corrected chi connectivity index (χ2v) is 6.50. The van der Waals surface area contributed by atoms with E-state index in [9.17, 15) is 4.79 Å². The summed E-state index contributed by atoms with van der Waals surface area (Å²) in [6, 6.07) is 9.19. The highest BCUT2D eigenvalue weighted by molar-refractivity contribution is 5.92. The van der Waals surface area contributed by atoms with Crippen molar-refractivity contribution in [3.05, 3.63) is 29.8 Å². The molecule has 1 aromatic carbocycles. The zero-order valence-electron chi connectivity index (χ0n) is 12.9. The van der Waals surface area contributed by atoms with Crippen molar-refractivity contribution in [1.82, 2.24) is 4.90 Å². The van der Waals surface area contributed by atoms with Gasteiger partial charge in [-0.15, -0.1) is 0 Å². The Kier molecular flexibility index (Phi) is 4.98. The fraction of sp³-hybridized carbons (Fsp3) is 0.529. The Morgan fingerprint density at radius 3 is 2.90 bits per heavy atom. The van der Waals surface area contributed by atoms with E-state index in [4.69, 9.17) is 5.26 Å². The van der Waals surface area contributed by atoms with Gasteiger partial charge in [0.1, 0.15) is 6.07 Å². The maximum Gasteiger partial charge on any atom is 0.225 e. The van der Waals surface area contributed by atoms with Gasteiger partial charge in [-0.05, 0) is 36.9 Å². The molecule has 1 amide bonds. The maximum atomic E-state index is 12.0. The molecule has 112 valence electrons. The van der Waals surface area contributed by atoms with Gasteiger partial charge in [0.15, 0.2) is 0 Å². The number of nitriles is 1. The van der Waals surface area contributed by atoms with Crippen LogP contribution in [0, 0.1) is 16.7 Å². The largest absolute Gasteiger partial charge is 0.325 e. The molecule has 0 aromatic heterocycles. The van der Waals surface area contributed by atoms with Crippen LogP contribution in [0.2, 0.25) is 0 Å². The second kappa shape index (κ2) is 6.73. The van der Waals surface area contributed by atoms with E-state index in [-0.39, 0.29) is 5.91 Å². The Balaban J connectivity index is 1.84. The van der Waals surface area contributed by atoms with Gasteiger partial charge < -0.3 is 10.2 Å². The first-order valence-corrected chi connectivity index (χ1v) is 7.51. The lowest BCUT2D eigenvalue weighted by Crippen LogP contribution is -2.41. The van der Waals surface area contributed by atoms with Crippen molar-refractivity contribution < 1.29 is 4.79 Å². The minimum absolute atomic E-state index is 0.0268. The van der Waals surface area contributed by atoms with Crippen LogP contribution in [0.15, 0.2) is 24.3 Å². The fourth-order valence-corrected chi connectivity index (χ4v) is 2.90. The third kappa shape index (κ3) is 4.57. The molecule has 1 fully saturated rings. The number of benzene rings is 1. The number of carbonyl (C=O) groups is 1. The maximum absolute atomic E-state index is 12.0. The SMILES string of the molecule is CC1(C)CCCN(CCC(=O)Nc2ccccc2C#N)C1. The summed E-state index contributed by atoms with van der Waals surface area (Å²) in [6.45, 7) is 7.47. The zero-order chi connectivity index (χ0) is 15.3. The van der Waals surface area contributed by atoms with Crippen molar-refractivity contribution in [3.63, 3.8) is 0 Å². The first kappa shape index (κ1) is 15.5. The third-order valence-electron chi connectivity index (χ3n) is 3.96. The number of rotatable bonds is 4. The van der Waals surface area contributed by atoms with Crippen molar-refractivity contribution in [2.75, 3.05) is 25.0 Å². The van der Waals surface area contributed by atoms with E-state index in [0.717, 1.165) is 19.6 Å². The van der Waals surface area contributed by atoms with Crippen LogP contribution in [0.1, 0.15) is 38.7 Å². The number of hydrogen-bond donors (Lipinski definition) is 1. The van der Waals surface area contributed by atoms with Crippen LogP contribution in [0.4, 0.5) is 5.69 Å². The molecular formula is C17H23N3O. The predicted octanol–water partition coefficient (Wildman–Crippen LogP) is 3.01. The van der Waals surface area contributed by atoms with Crippen LogP contribution in [0.5, 0.6) is 0 Å². The number of amides is 1. The number of nitrogens with one attached hydrogen (secondary N) is 1. The number of carbonyl (C=O) groups excluding carboxylic acids is 1. The highest BCUT2D eigenvalue weighted by atomic mass is 16.1. The number of piperidine rings is 1. The van der Waals surface area contributed by atoms with E-state index >= 15 is 0 Å². The summed E-state index contributed by atoms with van der Waals surface area (Å²) >= 11 is 0. The van der Waals surface area contributed by atoms with E-state index in [1.165, 1.54) is 12.8 Å². The molecule has 1 N–H and O–H groups in total. The molecule has 4 heteroatoms. The Morgan fingerprint density at radius 1 is 1.43 bits per heavy atom. The minimum Gasteiger partial charge on any atom is -0.325 e. The van der Waals surface area contributed by atoms with Crippen molar-refractivity contribution in [2.45, 2.75) is 33.1 Å². The van der Waals surface area contributed by atoms with E-state index in [0.29, 0.717) is 23.1 Å². The van der Waals surface area contributed by atoms with Gasteiger partial charge in [0.25, 0.3) is 0 Å². The van der Waals surface area contributed by atoms with Crippen LogP contribution in [0.3, 0.4) is 0 Å². The van der Waals surface area contributed by atoms with Crippen LogP contribution in [-0.2, 0) is 4.79 Å². The molecule has 21 heavy (non-hydrogen) atoms. The number of hydrogen-bond acceptors (Lipinski definition) is 3. The van der Waals surface area contributed by atoms with Crippen LogP contribution in [0.25, 0.3) is 0 Å². The van der Waals surface area contributed by atoms with Crippen LogP contribution >= 0.6 is 0 Å². The molecule has 0 bridgehead atoms. The van der Waals surface area contributed by atoms with Gasteiger partial charge in [0.2, 0.25) is 5.91 Å². The lowest BCUT2D eigenvalue weighted by molar-refractivity contribution is -0.116. The van der Waals surface area contributed by atoms with Gasteiger partial charge in [-0.25, -0.2) is 0 Å². The van der Waals surface area contributed by atoms with E-state index < -0.39 is 0 Å². The summed E-state index contributed by atoms with van der Waals surface area (Å²) in [7, 11) is 0. The van der Waals surface area contributed by atoms with Crippen LogP contribution < -0.4 is 5.32 Å². The molecule has 0 aliphatic carbocycles. The van der Waals surface area contributed by atoms with Crippen molar-refractivity contribution in [3.8, 4) is 6.07 Å². The van der Waals surface area contributed by atoms with Gasteiger partial charge in [-0.2, -0.15) is 5.26 Å². The van der Waals surface area contributed by atoms with Gasteiger partial charge in [-0.3, -0.25) is 4.79 Å². The van der Waals surface area contributed by atoms with Gasteiger partial charge in [-0.1, -0.05) is 26.0 Å². The quantitative estimate of drug-likeness (QED) is 0.925. The Bertz CT molecular complexity index is 545. The number of anilines is 1. The lowest BCUT2D eigenvalue weighted by Gasteiger charge is -2.37. The van der Waals surface area contributed by atoms with E-state index in [1.807, 2.05) is 6.07 Å². The van der Waals surface area contributed by atoms with Gasteiger partial charge in [0, 0.05) is 19.5 Å². The number of likely N-dealkylation sites (tertiary alicyclic amines) is 1. The summed E-state index contributed by atoms with van der Waals surface area (Å²) in [6.07, 6.45) is 2.92. The summed E-state index contributed by atoms with van der Waals surface area (Å²) < 4.78 is 0. The second-order valence-electron chi connectivity index (χ2n) is 6.50. The highest BCUT2D eigenvalue weighted by Crippen LogP contribution is 2.28. The Hall–Kier alpha value is -1.86. The molecule has 0 saturated carbocycles. The molecule has 0 radical (unpaired) electrons. The fourth-order valence-electron chi connectivity index (χ4n) is 2.90. The molecule has 0 spiro atoms. The smallest absolute Gasteiger partial charge is 0.225 e. The number of nitrogens with zero attached hydrogens (tertiary/aromatic N) is 2. The van der Waals surface area contributed by atoms with Crippen molar-refractivity contribution in [2.24, 2.45) is 5.41 Å². The molecule has 1 heterocycles. The molecule has 0 unspecified atom stereocenters. The van der Waals surface area contributed by atoms with Crippen molar-refractivity contribution >= 4 is 11.6 Å².